The van der Waals surface area contributed by atoms with Crippen molar-refractivity contribution in [1.82, 2.24) is 9.78 Å². The van der Waals surface area contributed by atoms with Crippen molar-refractivity contribution in [2.75, 3.05) is 5.32 Å². The van der Waals surface area contributed by atoms with E-state index >= 15 is 0 Å². The van der Waals surface area contributed by atoms with Gasteiger partial charge in [0.1, 0.15) is 0 Å². The lowest BCUT2D eigenvalue weighted by Crippen LogP contribution is -2.11. The predicted octanol–water partition coefficient (Wildman–Crippen LogP) is 3.18. The quantitative estimate of drug-likeness (QED) is 0.796. The highest BCUT2D eigenvalue weighted by Gasteiger charge is 2.04. The van der Waals surface area contributed by atoms with Gasteiger partial charge in [0, 0.05) is 23.6 Å². The smallest absolute Gasteiger partial charge is 0.255 e. The molecule has 3 rings (SSSR count). The zero-order valence-corrected chi connectivity index (χ0v) is 11.4. The number of carbonyl (C=O) groups is 1. The van der Waals surface area contributed by atoms with E-state index in [1.54, 1.807) is 18.3 Å². The molecule has 0 saturated heterocycles. The summed E-state index contributed by atoms with van der Waals surface area (Å²) >= 11 is 0. The van der Waals surface area contributed by atoms with Crippen LogP contribution >= 0.6 is 0 Å². The molecule has 0 atom stereocenters. The molecule has 1 N–H and O–H groups in total. The lowest BCUT2D eigenvalue weighted by atomic mass is 10.2. The first kappa shape index (κ1) is 13.1. The minimum Gasteiger partial charge on any atom is -0.322 e. The molecule has 4 heteroatoms. The number of hydrogen-bond acceptors (Lipinski definition) is 2. The summed E-state index contributed by atoms with van der Waals surface area (Å²) in [6.45, 7) is 0.722. The van der Waals surface area contributed by atoms with Crippen molar-refractivity contribution in [2.24, 2.45) is 0 Å². The Morgan fingerprint density at radius 3 is 2.43 bits per heavy atom. The van der Waals surface area contributed by atoms with E-state index < -0.39 is 0 Å². The summed E-state index contributed by atoms with van der Waals surface area (Å²) in [6.07, 6.45) is 3.68. The average Bonchev–Trinajstić information content (AvgIpc) is 3.03. The lowest BCUT2D eigenvalue weighted by molar-refractivity contribution is 0.102. The topological polar surface area (TPSA) is 46.9 Å². The first-order chi connectivity index (χ1) is 10.3. The van der Waals surface area contributed by atoms with Crippen LogP contribution in [0.5, 0.6) is 0 Å². The monoisotopic (exact) mass is 277 g/mol. The van der Waals surface area contributed by atoms with Gasteiger partial charge in [0.15, 0.2) is 0 Å². The molecule has 1 amide bonds. The number of hydrogen-bond donors (Lipinski definition) is 1. The molecule has 3 aromatic rings. The number of anilines is 1. The molecule has 0 saturated carbocycles. The second-order valence-electron chi connectivity index (χ2n) is 4.72. The minimum absolute atomic E-state index is 0.101. The maximum atomic E-state index is 12.0. The molecule has 0 aliphatic carbocycles. The van der Waals surface area contributed by atoms with Gasteiger partial charge < -0.3 is 5.32 Å². The standard InChI is InChI=1S/C17H15N3O/c21-17(15-5-2-1-3-6-15)19-16-9-7-14(8-10-16)13-20-12-4-11-18-20/h1-12H,13H2,(H,19,21). The van der Waals surface area contributed by atoms with Gasteiger partial charge in [0.05, 0.1) is 6.54 Å². The van der Waals surface area contributed by atoms with E-state index in [0.717, 1.165) is 17.8 Å². The second-order valence-corrected chi connectivity index (χ2v) is 4.72. The molecule has 0 aliphatic rings. The van der Waals surface area contributed by atoms with Crippen molar-refractivity contribution in [3.05, 3.63) is 84.2 Å². The molecule has 104 valence electrons. The van der Waals surface area contributed by atoms with Crippen molar-refractivity contribution in [1.29, 1.82) is 0 Å². The number of amides is 1. The first-order valence-electron chi connectivity index (χ1n) is 6.74. The van der Waals surface area contributed by atoms with Gasteiger partial charge >= 0.3 is 0 Å². The summed E-state index contributed by atoms with van der Waals surface area (Å²) in [5.41, 5.74) is 2.57. The summed E-state index contributed by atoms with van der Waals surface area (Å²) in [6, 6.07) is 18.9. The SMILES string of the molecule is O=C(Nc1ccc(Cn2cccn2)cc1)c1ccccc1. The van der Waals surface area contributed by atoms with E-state index in [1.165, 1.54) is 0 Å². The molecule has 4 nitrogen and oxygen atoms in total. The summed E-state index contributed by atoms with van der Waals surface area (Å²) < 4.78 is 1.86. The fraction of sp³-hybridized carbons (Fsp3) is 0.0588. The zero-order valence-electron chi connectivity index (χ0n) is 11.4. The normalized spacial score (nSPS) is 10.3. The second kappa shape index (κ2) is 6.05. The van der Waals surface area contributed by atoms with Crippen LogP contribution in [-0.4, -0.2) is 15.7 Å². The number of benzene rings is 2. The van der Waals surface area contributed by atoms with Crippen molar-refractivity contribution in [3.63, 3.8) is 0 Å². The fourth-order valence-electron chi connectivity index (χ4n) is 2.07. The van der Waals surface area contributed by atoms with E-state index in [2.05, 4.69) is 10.4 Å². The van der Waals surface area contributed by atoms with E-state index in [-0.39, 0.29) is 5.91 Å². The Morgan fingerprint density at radius 2 is 1.76 bits per heavy atom. The van der Waals surface area contributed by atoms with E-state index in [0.29, 0.717) is 5.56 Å². The van der Waals surface area contributed by atoms with Crippen LogP contribution in [0.3, 0.4) is 0 Å². The summed E-state index contributed by atoms with van der Waals surface area (Å²) in [5.74, 6) is -0.101. The van der Waals surface area contributed by atoms with Crippen LogP contribution in [-0.2, 0) is 6.54 Å². The molecule has 0 aliphatic heterocycles. The van der Waals surface area contributed by atoms with Gasteiger partial charge in [-0.1, -0.05) is 30.3 Å². The van der Waals surface area contributed by atoms with Crippen LogP contribution in [0.1, 0.15) is 15.9 Å². The number of nitrogens with one attached hydrogen (secondary N) is 1. The Kier molecular flexibility index (Phi) is 3.78. The van der Waals surface area contributed by atoms with Crippen LogP contribution in [0.2, 0.25) is 0 Å². The van der Waals surface area contributed by atoms with Crippen molar-refractivity contribution < 1.29 is 4.79 Å². The third kappa shape index (κ3) is 3.36. The molecule has 0 fully saturated rings. The highest BCUT2D eigenvalue weighted by Crippen LogP contribution is 2.12. The maximum Gasteiger partial charge on any atom is 0.255 e. The maximum absolute atomic E-state index is 12.0. The highest BCUT2D eigenvalue weighted by atomic mass is 16.1. The van der Waals surface area contributed by atoms with E-state index in [4.69, 9.17) is 0 Å². The summed E-state index contributed by atoms with van der Waals surface area (Å²) in [5, 5.41) is 7.05. The molecule has 0 radical (unpaired) electrons. The first-order valence-corrected chi connectivity index (χ1v) is 6.74. The number of nitrogens with zero attached hydrogens (tertiary/aromatic N) is 2. The van der Waals surface area contributed by atoms with Gasteiger partial charge in [-0.3, -0.25) is 9.48 Å². The van der Waals surface area contributed by atoms with Crippen LogP contribution in [0.15, 0.2) is 73.1 Å². The molecule has 0 bridgehead atoms. The van der Waals surface area contributed by atoms with Crippen LogP contribution in [0.25, 0.3) is 0 Å². The van der Waals surface area contributed by atoms with Gasteiger partial charge in [0.25, 0.3) is 5.91 Å². The van der Waals surface area contributed by atoms with Crippen molar-refractivity contribution in [2.45, 2.75) is 6.54 Å². The van der Waals surface area contributed by atoms with Crippen molar-refractivity contribution >= 4 is 11.6 Å². The summed E-state index contributed by atoms with van der Waals surface area (Å²) in [7, 11) is 0. The largest absolute Gasteiger partial charge is 0.322 e. The minimum atomic E-state index is -0.101. The Bertz CT molecular complexity index is 704. The van der Waals surface area contributed by atoms with Gasteiger partial charge in [0.2, 0.25) is 0 Å². The zero-order chi connectivity index (χ0) is 14.5. The third-order valence-electron chi connectivity index (χ3n) is 3.15. The van der Waals surface area contributed by atoms with Gasteiger partial charge in [-0.25, -0.2) is 0 Å². The number of aromatic nitrogens is 2. The van der Waals surface area contributed by atoms with E-state index in [9.17, 15) is 4.79 Å². The fourth-order valence-corrected chi connectivity index (χ4v) is 2.07. The lowest BCUT2D eigenvalue weighted by Gasteiger charge is -2.07. The molecule has 21 heavy (non-hydrogen) atoms. The van der Waals surface area contributed by atoms with Crippen LogP contribution in [0.4, 0.5) is 5.69 Å². The number of rotatable bonds is 4. The Hall–Kier alpha value is -2.88. The number of carbonyl (C=O) groups excluding carboxylic acids is 1. The Balaban J connectivity index is 1.66. The van der Waals surface area contributed by atoms with E-state index in [1.807, 2.05) is 59.4 Å². The molecule has 1 heterocycles. The average molecular weight is 277 g/mol. The van der Waals surface area contributed by atoms with Gasteiger partial charge in [-0.15, -0.1) is 0 Å². The summed E-state index contributed by atoms with van der Waals surface area (Å²) in [4.78, 5) is 12.0. The molecule has 0 spiro atoms. The molecule has 1 aromatic heterocycles. The molecular formula is C17H15N3O. The van der Waals surface area contributed by atoms with Crippen LogP contribution < -0.4 is 5.32 Å². The highest BCUT2D eigenvalue weighted by molar-refractivity contribution is 6.04. The molecular weight excluding hydrogens is 262 g/mol. The molecule has 2 aromatic carbocycles. The van der Waals surface area contributed by atoms with Gasteiger partial charge in [-0.05, 0) is 35.9 Å². The van der Waals surface area contributed by atoms with Crippen molar-refractivity contribution in [3.8, 4) is 0 Å². The van der Waals surface area contributed by atoms with Gasteiger partial charge in [-0.2, -0.15) is 5.10 Å². The van der Waals surface area contributed by atoms with Crippen LogP contribution in [0, 0.1) is 0 Å². The molecule has 0 unspecified atom stereocenters. The predicted molar refractivity (Wildman–Crippen MR) is 82.2 cm³/mol. The Morgan fingerprint density at radius 1 is 1.00 bits per heavy atom. The third-order valence-corrected chi connectivity index (χ3v) is 3.15. The Labute approximate surface area is 123 Å².